The Balaban J connectivity index is 1.67. The van der Waals surface area contributed by atoms with E-state index >= 15 is 0 Å². The van der Waals surface area contributed by atoms with E-state index in [9.17, 15) is 9.59 Å². The van der Waals surface area contributed by atoms with Gasteiger partial charge in [-0.15, -0.1) is 0 Å². The molecule has 2 fully saturated rings. The fourth-order valence-electron chi connectivity index (χ4n) is 4.09. The zero-order chi connectivity index (χ0) is 19.8. The summed E-state index contributed by atoms with van der Waals surface area (Å²) in [6.07, 6.45) is 0. The van der Waals surface area contributed by atoms with Gasteiger partial charge in [0.15, 0.2) is 0 Å². The van der Waals surface area contributed by atoms with Gasteiger partial charge in [-0.25, -0.2) is 0 Å². The van der Waals surface area contributed by atoms with E-state index in [0.29, 0.717) is 17.4 Å². The summed E-state index contributed by atoms with van der Waals surface area (Å²) in [7, 11) is 0. The van der Waals surface area contributed by atoms with Crippen LogP contribution in [0.25, 0.3) is 0 Å². The van der Waals surface area contributed by atoms with Crippen LogP contribution in [0.4, 0.5) is 0 Å². The van der Waals surface area contributed by atoms with Gasteiger partial charge in [0.25, 0.3) is 5.91 Å². The van der Waals surface area contributed by atoms with E-state index in [0.717, 1.165) is 26.2 Å². The SMILES string of the molecule is CC(C)C(NC(=O)c1ccc(C(C)(C)C)cc1)C(=O)N1C[C@H]2CNC[C@H]2C1. The number of likely N-dealkylation sites (tertiary alicyclic amines) is 1. The molecule has 2 N–H and O–H groups in total. The average Bonchev–Trinajstić information content (AvgIpc) is 3.19. The first kappa shape index (κ1) is 19.9. The molecule has 0 spiro atoms. The molecular weight excluding hydrogens is 338 g/mol. The van der Waals surface area contributed by atoms with E-state index in [1.54, 1.807) is 0 Å². The van der Waals surface area contributed by atoms with Crippen LogP contribution < -0.4 is 10.6 Å². The maximum Gasteiger partial charge on any atom is 0.251 e. The van der Waals surface area contributed by atoms with E-state index in [4.69, 9.17) is 0 Å². The van der Waals surface area contributed by atoms with Crippen LogP contribution in [0.5, 0.6) is 0 Å². The Hall–Kier alpha value is -1.88. The smallest absolute Gasteiger partial charge is 0.251 e. The largest absolute Gasteiger partial charge is 0.340 e. The number of fused-ring (bicyclic) bond motifs is 1. The second-order valence-electron chi connectivity index (χ2n) is 9.44. The lowest BCUT2D eigenvalue weighted by molar-refractivity contribution is -0.133. The minimum absolute atomic E-state index is 0.0497. The summed E-state index contributed by atoms with van der Waals surface area (Å²) in [6.45, 7) is 14.0. The van der Waals surface area contributed by atoms with Gasteiger partial charge in [0.1, 0.15) is 6.04 Å². The van der Waals surface area contributed by atoms with Crippen molar-refractivity contribution >= 4 is 11.8 Å². The Labute approximate surface area is 162 Å². The van der Waals surface area contributed by atoms with Crippen molar-refractivity contribution in [1.29, 1.82) is 0 Å². The van der Waals surface area contributed by atoms with Gasteiger partial charge in [-0.3, -0.25) is 9.59 Å². The molecule has 148 valence electrons. The highest BCUT2D eigenvalue weighted by Crippen LogP contribution is 2.27. The number of nitrogens with zero attached hydrogens (tertiary/aromatic N) is 1. The van der Waals surface area contributed by atoms with E-state index in [-0.39, 0.29) is 23.1 Å². The van der Waals surface area contributed by atoms with Crippen LogP contribution in [0.15, 0.2) is 24.3 Å². The zero-order valence-electron chi connectivity index (χ0n) is 17.2. The number of benzene rings is 1. The first-order chi connectivity index (χ1) is 12.7. The Kier molecular flexibility index (Phi) is 5.61. The van der Waals surface area contributed by atoms with Crippen LogP contribution >= 0.6 is 0 Å². The summed E-state index contributed by atoms with van der Waals surface area (Å²) >= 11 is 0. The standard InChI is InChI=1S/C22H33N3O2/c1-14(2)19(21(27)25-12-16-10-23-11-17(16)13-25)24-20(26)15-6-8-18(9-7-15)22(3,4)5/h6-9,14,16-17,19,23H,10-13H2,1-5H3,(H,24,26)/t16-,17+,19?. The van der Waals surface area contributed by atoms with Gasteiger partial charge >= 0.3 is 0 Å². The average molecular weight is 372 g/mol. The fraction of sp³-hybridized carbons (Fsp3) is 0.636. The number of nitrogens with one attached hydrogen (secondary N) is 2. The van der Waals surface area contributed by atoms with Gasteiger partial charge in [0, 0.05) is 31.7 Å². The van der Waals surface area contributed by atoms with Crippen molar-refractivity contribution in [2.75, 3.05) is 26.2 Å². The topological polar surface area (TPSA) is 61.4 Å². The quantitative estimate of drug-likeness (QED) is 0.854. The lowest BCUT2D eigenvalue weighted by atomic mass is 9.86. The van der Waals surface area contributed by atoms with Crippen LogP contribution in [0, 0.1) is 17.8 Å². The molecule has 2 heterocycles. The van der Waals surface area contributed by atoms with Gasteiger partial charge in [0.2, 0.25) is 5.91 Å². The van der Waals surface area contributed by atoms with Crippen LogP contribution in [0.1, 0.15) is 50.5 Å². The molecule has 2 aliphatic heterocycles. The van der Waals surface area contributed by atoms with Crippen LogP contribution in [0.3, 0.4) is 0 Å². The maximum absolute atomic E-state index is 13.1. The number of hydrogen-bond acceptors (Lipinski definition) is 3. The van der Waals surface area contributed by atoms with Gasteiger partial charge in [-0.2, -0.15) is 0 Å². The molecule has 0 saturated carbocycles. The summed E-state index contributed by atoms with van der Waals surface area (Å²) in [5, 5.41) is 6.38. The maximum atomic E-state index is 13.1. The minimum Gasteiger partial charge on any atom is -0.340 e. The highest BCUT2D eigenvalue weighted by Gasteiger charge is 2.40. The molecule has 27 heavy (non-hydrogen) atoms. The molecular formula is C22H33N3O2. The summed E-state index contributed by atoms with van der Waals surface area (Å²) in [6, 6.07) is 7.21. The highest BCUT2D eigenvalue weighted by atomic mass is 16.2. The first-order valence-corrected chi connectivity index (χ1v) is 10.1. The zero-order valence-corrected chi connectivity index (χ0v) is 17.2. The molecule has 1 unspecified atom stereocenters. The predicted molar refractivity (Wildman–Crippen MR) is 108 cm³/mol. The van der Waals surface area contributed by atoms with E-state index in [2.05, 4.69) is 31.4 Å². The highest BCUT2D eigenvalue weighted by molar-refractivity contribution is 5.97. The normalized spacial score (nSPS) is 23.4. The van der Waals surface area contributed by atoms with E-state index in [1.807, 2.05) is 43.0 Å². The minimum atomic E-state index is -0.480. The van der Waals surface area contributed by atoms with Gasteiger partial charge < -0.3 is 15.5 Å². The Morgan fingerprint density at radius 1 is 1.07 bits per heavy atom. The Bertz CT molecular complexity index is 679. The molecule has 5 heteroatoms. The molecule has 3 rings (SSSR count). The number of hydrogen-bond donors (Lipinski definition) is 2. The number of rotatable bonds is 4. The Morgan fingerprint density at radius 2 is 1.63 bits per heavy atom. The summed E-state index contributed by atoms with van der Waals surface area (Å²) in [5.74, 6) is 1.04. The molecule has 0 bridgehead atoms. The van der Waals surface area contributed by atoms with Crippen molar-refractivity contribution in [2.24, 2.45) is 17.8 Å². The predicted octanol–water partition coefficient (Wildman–Crippen LogP) is 2.42. The van der Waals surface area contributed by atoms with Crippen molar-refractivity contribution in [2.45, 2.75) is 46.1 Å². The third-order valence-corrected chi connectivity index (χ3v) is 5.93. The second kappa shape index (κ2) is 7.63. The van der Waals surface area contributed by atoms with Crippen molar-refractivity contribution in [3.63, 3.8) is 0 Å². The van der Waals surface area contributed by atoms with Crippen molar-refractivity contribution in [3.05, 3.63) is 35.4 Å². The molecule has 1 aromatic carbocycles. The summed E-state index contributed by atoms with van der Waals surface area (Å²) in [4.78, 5) is 27.8. The molecule has 0 radical (unpaired) electrons. The van der Waals surface area contributed by atoms with Crippen LogP contribution in [0.2, 0.25) is 0 Å². The Morgan fingerprint density at radius 3 is 2.11 bits per heavy atom. The van der Waals surface area contributed by atoms with Gasteiger partial charge in [-0.05, 0) is 40.9 Å². The van der Waals surface area contributed by atoms with E-state index in [1.165, 1.54) is 5.56 Å². The van der Waals surface area contributed by atoms with Crippen LogP contribution in [-0.2, 0) is 10.2 Å². The lowest BCUT2D eigenvalue weighted by Gasteiger charge is -2.27. The van der Waals surface area contributed by atoms with Gasteiger partial charge in [-0.1, -0.05) is 46.8 Å². The molecule has 5 nitrogen and oxygen atoms in total. The molecule has 3 atom stereocenters. The first-order valence-electron chi connectivity index (χ1n) is 10.1. The molecule has 2 saturated heterocycles. The van der Waals surface area contributed by atoms with Crippen molar-refractivity contribution < 1.29 is 9.59 Å². The van der Waals surface area contributed by atoms with Crippen molar-refractivity contribution in [1.82, 2.24) is 15.5 Å². The number of carbonyl (C=O) groups is 2. The van der Waals surface area contributed by atoms with Gasteiger partial charge in [0.05, 0.1) is 0 Å². The molecule has 1 aromatic rings. The fourth-order valence-corrected chi connectivity index (χ4v) is 4.09. The number of amides is 2. The number of carbonyl (C=O) groups excluding carboxylic acids is 2. The monoisotopic (exact) mass is 371 g/mol. The lowest BCUT2D eigenvalue weighted by Crippen LogP contribution is -2.51. The molecule has 0 aliphatic carbocycles. The van der Waals surface area contributed by atoms with E-state index < -0.39 is 6.04 Å². The third kappa shape index (κ3) is 4.34. The molecule has 0 aromatic heterocycles. The summed E-state index contributed by atoms with van der Waals surface area (Å²) < 4.78 is 0. The summed E-state index contributed by atoms with van der Waals surface area (Å²) in [5.41, 5.74) is 1.84. The van der Waals surface area contributed by atoms with Crippen molar-refractivity contribution in [3.8, 4) is 0 Å². The third-order valence-electron chi connectivity index (χ3n) is 5.93. The molecule has 2 aliphatic rings. The van der Waals surface area contributed by atoms with Crippen LogP contribution in [-0.4, -0.2) is 48.9 Å². The second-order valence-corrected chi connectivity index (χ2v) is 9.44. The molecule has 2 amide bonds.